The fourth-order valence-corrected chi connectivity index (χ4v) is 5.80. The topological polar surface area (TPSA) is 38.8 Å². The summed E-state index contributed by atoms with van der Waals surface area (Å²) in [6, 6.07) is 4.97. The van der Waals surface area contributed by atoms with E-state index in [9.17, 15) is 4.79 Å². The molecule has 2 aliphatic rings. The molecule has 23 heavy (non-hydrogen) atoms. The second kappa shape index (κ2) is 6.73. The van der Waals surface area contributed by atoms with Crippen LogP contribution in [0.3, 0.4) is 0 Å². The second-order valence-electron chi connectivity index (χ2n) is 6.37. The van der Waals surface area contributed by atoms with E-state index in [1.165, 1.54) is 7.11 Å². The van der Waals surface area contributed by atoms with Gasteiger partial charge in [0.15, 0.2) is 0 Å². The van der Waals surface area contributed by atoms with Gasteiger partial charge in [-0.1, -0.05) is 0 Å². The van der Waals surface area contributed by atoms with Crippen molar-refractivity contribution < 1.29 is 14.3 Å². The summed E-state index contributed by atoms with van der Waals surface area (Å²) in [5.74, 6) is 0.736. The number of fused-ring (bicyclic) bond motifs is 2. The third kappa shape index (κ3) is 2.94. The number of carbonyl (C=O) groups is 1. The zero-order valence-corrected chi connectivity index (χ0v) is 16.7. The minimum Gasteiger partial charge on any atom is -0.494 e. The molecule has 0 radical (unpaired) electrons. The maximum absolute atomic E-state index is 12.5. The Labute approximate surface area is 153 Å². The largest absolute Gasteiger partial charge is 0.494 e. The van der Waals surface area contributed by atoms with Crippen molar-refractivity contribution in [3.05, 3.63) is 26.6 Å². The van der Waals surface area contributed by atoms with Crippen LogP contribution in [0.1, 0.15) is 30.7 Å². The molecule has 4 nitrogen and oxygen atoms in total. The number of piperidine rings is 1. The fourth-order valence-electron chi connectivity index (χ4n) is 4.26. The molecule has 126 valence electrons. The summed E-state index contributed by atoms with van der Waals surface area (Å²) in [7, 11) is 5.27. The number of esters is 1. The van der Waals surface area contributed by atoms with E-state index in [1.807, 2.05) is 0 Å². The van der Waals surface area contributed by atoms with Gasteiger partial charge in [0.1, 0.15) is 5.75 Å². The molecule has 2 saturated heterocycles. The van der Waals surface area contributed by atoms with E-state index in [0.29, 0.717) is 6.04 Å². The zero-order valence-electron chi connectivity index (χ0n) is 13.5. The van der Waals surface area contributed by atoms with E-state index in [-0.39, 0.29) is 23.8 Å². The summed E-state index contributed by atoms with van der Waals surface area (Å²) in [5, 5.41) is 0. The molecule has 2 bridgehead atoms. The first-order valence-corrected chi connectivity index (χ1v) is 9.39. The van der Waals surface area contributed by atoms with Crippen LogP contribution in [-0.2, 0) is 9.53 Å². The van der Waals surface area contributed by atoms with Gasteiger partial charge in [0, 0.05) is 18.0 Å². The maximum atomic E-state index is 12.5. The number of carbonyl (C=O) groups excluding carboxylic acids is 1. The van der Waals surface area contributed by atoms with Crippen LogP contribution in [0.5, 0.6) is 5.75 Å². The Morgan fingerprint density at radius 1 is 1.22 bits per heavy atom. The van der Waals surface area contributed by atoms with E-state index >= 15 is 0 Å². The summed E-state index contributed by atoms with van der Waals surface area (Å²) in [6.45, 7) is 0. The first-order valence-electron chi connectivity index (χ1n) is 7.80. The average Bonchev–Trinajstić information content (AvgIpc) is 2.76. The lowest BCUT2D eigenvalue weighted by atomic mass is 9.76. The van der Waals surface area contributed by atoms with Crippen molar-refractivity contribution in [1.29, 1.82) is 0 Å². The molecule has 2 heterocycles. The first kappa shape index (κ1) is 17.2. The monoisotopic (exact) mass is 445 g/mol. The van der Waals surface area contributed by atoms with Crippen molar-refractivity contribution >= 4 is 37.8 Å². The Balaban J connectivity index is 2.01. The predicted molar refractivity (Wildman–Crippen MR) is 95.8 cm³/mol. The average molecular weight is 447 g/mol. The molecule has 0 amide bonds. The number of hydrogen-bond donors (Lipinski definition) is 0. The van der Waals surface area contributed by atoms with Crippen LogP contribution in [-0.4, -0.2) is 44.2 Å². The second-order valence-corrected chi connectivity index (χ2v) is 8.08. The van der Waals surface area contributed by atoms with E-state index in [4.69, 9.17) is 9.47 Å². The third-order valence-corrected chi connectivity index (χ3v) is 6.57. The zero-order chi connectivity index (χ0) is 16.7. The summed E-state index contributed by atoms with van der Waals surface area (Å²) in [6.07, 6.45) is 3.21. The number of benzene rings is 1. The van der Waals surface area contributed by atoms with Crippen LogP contribution < -0.4 is 4.74 Å². The summed E-state index contributed by atoms with van der Waals surface area (Å²) in [5.41, 5.74) is 1.16. The predicted octanol–water partition coefficient (Wildman–Crippen LogP) is 3.96. The van der Waals surface area contributed by atoms with Crippen molar-refractivity contribution in [3.63, 3.8) is 0 Å². The normalized spacial score (nSPS) is 30.3. The number of hydrogen-bond acceptors (Lipinski definition) is 4. The highest BCUT2D eigenvalue weighted by Gasteiger charge is 2.49. The van der Waals surface area contributed by atoms with Crippen molar-refractivity contribution in [2.24, 2.45) is 5.92 Å². The van der Waals surface area contributed by atoms with Gasteiger partial charge in [-0.25, -0.2) is 0 Å². The lowest BCUT2D eigenvalue weighted by Crippen LogP contribution is -2.49. The summed E-state index contributed by atoms with van der Waals surface area (Å²) >= 11 is 7.15. The Morgan fingerprint density at radius 3 is 2.43 bits per heavy atom. The van der Waals surface area contributed by atoms with Crippen molar-refractivity contribution in [2.75, 3.05) is 21.3 Å². The molecule has 1 aromatic carbocycles. The van der Waals surface area contributed by atoms with E-state index in [1.54, 1.807) is 7.11 Å². The maximum Gasteiger partial charge on any atom is 0.310 e. The minimum atomic E-state index is -0.115. The van der Waals surface area contributed by atoms with E-state index in [2.05, 4.69) is 55.9 Å². The molecule has 2 aliphatic heterocycles. The molecule has 6 heteroatoms. The SMILES string of the molecule is COC(=O)[C@H]1[C@@H](c2cc(Br)c(OC)c(Br)c2)C[C@H]2CC[C@H]1N2C. The van der Waals surface area contributed by atoms with Crippen LogP contribution in [0.2, 0.25) is 0 Å². The first-order chi connectivity index (χ1) is 11.0. The molecule has 0 aliphatic carbocycles. The van der Waals surface area contributed by atoms with Gasteiger partial charge in [-0.3, -0.25) is 9.69 Å². The smallest absolute Gasteiger partial charge is 0.310 e. The molecule has 0 saturated carbocycles. The highest BCUT2D eigenvalue weighted by molar-refractivity contribution is 9.11. The number of nitrogens with zero attached hydrogens (tertiary/aromatic N) is 1. The molecule has 1 aromatic rings. The summed E-state index contributed by atoms with van der Waals surface area (Å²) < 4.78 is 12.3. The van der Waals surface area contributed by atoms with Crippen molar-refractivity contribution in [1.82, 2.24) is 4.90 Å². The number of rotatable bonds is 3. The molecule has 0 N–H and O–H groups in total. The van der Waals surface area contributed by atoms with Crippen LogP contribution >= 0.6 is 31.9 Å². The van der Waals surface area contributed by atoms with Gasteiger partial charge in [-0.05, 0) is 75.9 Å². The van der Waals surface area contributed by atoms with Crippen molar-refractivity contribution in [2.45, 2.75) is 37.3 Å². The fraction of sp³-hybridized carbons (Fsp3) is 0.588. The van der Waals surface area contributed by atoms with Gasteiger partial charge < -0.3 is 9.47 Å². The molecule has 4 atom stereocenters. The van der Waals surface area contributed by atoms with Gasteiger partial charge in [-0.2, -0.15) is 0 Å². The Bertz CT molecular complexity index is 599. The van der Waals surface area contributed by atoms with Gasteiger partial charge in [0.05, 0.1) is 29.1 Å². The van der Waals surface area contributed by atoms with Crippen LogP contribution in [0, 0.1) is 5.92 Å². The highest BCUT2D eigenvalue weighted by atomic mass is 79.9. The minimum absolute atomic E-state index is 0.102. The number of methoxy groups -OCH3 is 2. The number of halogens is 2. The Morgan fingerprint density at radius 2 is 1.87 bits per heavy atom. The van der Waals surface area contributed by atoms with Gasteiger partial charge in [0.2, 0.25) is 0 Å². The lowest BCUT2D eigenvalue weighted by molar-refractivity contribution is -0.150. The van der Waals surface area contributed by atoms with Gasteiger partial charge in [-0.15, -0.1) is 0 Å². The summed E-state index contributed by atoms with van der Waals surface area (Å²) in [4.78, 5) is 14.8. The van der Waals surface area contributed by atoms with E-state index < -0.39 is 0 Å². The quantitative estimate of drug-likeness (QED) is 0.658. The Hall–Kier alpha value is -0.590. The van der Waals surface area contributed by atoms with Crippen LogP contribution in [0.4, 0.5) is 0 Å². The van der Waals surface area contributed by atoms with Crippen LogP contribution in [0.15, 0.2) is 21.1 Å². The third-order valence-electron chi connectivity index (χ3n) is 5.40. The van der Waals surface area contributed by atoms with E-state index in [0.717, 1.165) is 39.5 Å². The molecular weight excluding hydrogens is 426 g/mol. The molecular formula is C17H21Br2NO3. The molecule has 0 aromatic heterocycles. The molecule has 0 spiro atoms. The van der Waals surface area contributed by atoms with Gasteiger partial charge >= 0.3 is 5.97 Å². The molecule has 2 fully saturated rings. The standard InChI is InChI=1S/C17H21Br2NO3/c1-20-10-4-5-14(20)15(17(21)23-3)11(8-10)9-6-12(18)16(22-2)13(19)7-9/h6-7,10-11,14-15H,4-5,8H2,1-3H3/t10-,11-,14-,15+/m1/s1. The van der Waals surface area contributed by atoms with Crippen LogP contribution in [0.25, 0.3) is 0 Å². The highest BCUT2D eigenvalue weighted by Crippen LogP contribution is 2.48. The molecule has 0 unspecified atom stereocenters. The number of ether oxygens (including phenoxy) is 2. The lowest BCUT2D eigenvalue weighted by Gasteiger charge is -2.41. The van der Waals surface area contributed by atoms with Gasteiger partial charge in [0.25, 0.3) is 0 Å². The van der Waals surface area contributed by atoms with Crippen molar-refractivity contribution in [3.8, 4) is 5.75 Å². The Kier molecular flexibility index (Phi) is 5.04. The molecule has 3 rings (SSSR count).